The Hall–Kier alpha value is -2.19. The van der Waals surface area contributed by atoms with E-state index in [1.165, 1.54) is 6.92 Å². The fourth-order valence-corrected chi connectivity index (χ4v) is 5.11. The Labute approximate surface area is 159 Å². The highest BCUT2D eigenvalue weighted by molar-refractivity contribution is 7.89. The molecule has 2 aliphatic rings. The van der Waals surface area contributed by atoms with E-state index in [-0.39, 0.29) is 23.4 Å². The van der Waals surface area contributed by atoms with E-state index in [1.54, 1.807) is 23.1 Å². The second-order valence-electron chi connectivity index (χ2n) is 7.36. The Morgan fingerprint density at radius 2 is 2.15 bits per heavy atom. The van der Waals surface area contributed by atoms with Crippen LogP contribution in [0.1, 0.15) is 43.8 Å². The highest BCUT2D eigenvalue weighted by Crippen LogP contribution is 2.33. The summed E-state index contributed by atoms with van der Waals surface area (Å²) in [5, 5.41) is 0. The molecule has 27 heavy (non-hydrogen) atoms. The van der Waals surface area contributed by atoms with Crippen LogP contribution in [-0.2, 0) is 40.7 Å². The predicted molar refractivity (Wildman–Crippen MR) is 102 cm³/mol. The van der Waals surface area contributed by atoms with E-state index < -0.39 is 10.0 Å². The van der Waals surface area contributed by atoms with Crippen molar-refractivity contribution in [3.8, 4) is 0 Å². The SMILES string of the molecule is CC(=O)N1c2ccc(S(=O)(=O)NCc3cn4c(n3)CCCC4)cc2C[C@@H]1C. The van der Waals surface area contributed by atoms with Crippen LogP contribution in [0.25, 0.3) is 0 Å². The minimum Gasteiger partial charge on any atom is -0.335 e. The maximum absolute atomic E-state index is 12.7. The summed E-state index contributed by atoms with van der Waals surface area (Å²) in [5.41, 5.74) is 2.43. The highest BCUT2D eigenvalue weighted by atomic mass is 32.2. The number of hydrogen-bond donors (Lipinski definition) is 1. The number of benzene rings is 1. The van der Waals surface area contributed by atoms with E-state index in [1.807, 2.05) is 13.1 Å². The van der Waals surface area contributed by atoms with Crippen LogP contribution < -0.4 is 9.62 Å². The molecule has 0 saturated carbocycles. The Morgan fingerprint density at radius 1 is 1.33 bits per heavy atom. The van der Waals surface area contributed by atoms with Crippen molar-refractivity contribution in [3.63, 3.8) is 0 Å². The van der Waals surface area contributed by atoms with E-state index in [0.717, 1.165) is 48.6 Å². The topological polar surface area (TPSA) is 84.3 Å². The number of imidazole rings is 1. The summed E-state index contributed by atoms with van der Waals surface area (Å²) < 4.78 is 30.2. The summed E-state index contributed by atoms with van der Waals surface area (Å²) >= 11 is 0. The van der Waals surface area contributed by atoms with Crippen molar-refractivity contribution in [2.24, 2.45) is 0 Å². The first-order valence-corrected chi connectivity index (χ1v) is 10.8. The van der Waals surface area contributed by atoms with E-state index in [0.29, 0.717) is 6.42 Å². The predicted octanol–water partition coefficient (Wildman–Crippen LogP) is 2.00. The monoisotopic (exact) mass is 388 g/mol. The summed E-state index contributed by atoms with van der Waals surface area (Å²) in [6, 6.07) is 5.01. The maximum Gasteiger partial charge on any atom is 0.240 e. The molecule has 0 aliphatic carbocycles. The molecule has 144 valence electrons. The van der Waals surface area contributed by atoms with E-state index in [4.69, 9.17) is 0 Å². The van der Waals surface area contributed by atoms with Gasteiger partial charge in [-0.15, -0.1) is 0 Å². The van der Waals surface area contributed by atoms with E-state index in [2.05, 4.69) is 14.3 Å². The number of amides is 1. The third-order valence-corrected chi connectivity index (χ3v) is 6.72. The molecule has 1 N–H and O–H groups in total. The zero-order valence-corrected chi connectivity index (χ0v) is 16.4. The van der Waals surface area contributed by atoms with Gasteiger partial charge in [-0.25, -0.2) is 18.1 Å². The molecule has 2 aromatic rings. The minimum absolute atomic E-state index is 0.0290. The smallest absolute Gasteiger partial charge is 0.240 e. The van der Waals surface area contributed by atoms with E-state index in [9.17, 15) is 13.2 Å². The number of nitrogens with one attached hydrogen (secondary N) is 1. The molecule has 8 heteroatoms. The molecule has 0 bridgehead atoms. The number of carbonyl (C=O) groups is 1. The fourth-order valence-electron chi connectivity index (χ4n) is 4.06. The van der Waals surface area contributed by atoms with Crippen LogP contribution >= 0.6 is 0 Å². The summed E-state index contributed by atoms with van der Waals surface area (Å²) in [6.07, 6.45) is 5.81. The number of aromatic nitrogens is 2. The number of nitrogens with zero attached hydrogens (tertiary/aromatic N) is 3. The first-order chi connectivity index (χ1) is 12.8. The van der Waals surface area contributed by atoms with Gasteiger partial charge in [0.05, 0.1) is 17.1 Å². The van der Waals surface area contributed by atoms with Crippen LogP contribution in [0.2, 0.25) is 0 Å². The molecule has 1 atom stereocenters. The minimum atomic E-state index is -3.64. The van der Waals surface area contributed by atoms with Crippen LogP contribution in [0.4, 0.5) is 5.69 Å². The average Bonchev–Trinajstić information content (AvgIpc) is 3.18. The molecule has 3 heterocycles. The number of rotatable bonds is 4. The quantitative estimate of drug-likeness (QED) is 0.868. The van der Waals surface area contributed by atoms with Gasteiger partial charge in [0.25, 0.3) is 0 Å². The first kappa shape index (κ1) is 18.2. The Morgan fingerprint density at radius 3 is 2.89 bits per heavy atom. The van der Waals surface area contributed by atoms with Gasteiger partial charge in [0, 0.05) is 37.8 Å². The van der Waals surface area contributed by atoms with Gasteiger partial charge in [0.15, 0.2) is 0 Å². The molecule has 0 spiro atoms. The average molecular weight is 388 g/mol. The van der Waals surface area contributed by atoms with E-state index >= 15 is 0 Å². The lowest BCUT2D eigenvalue weighted by molar-refractivity contribution is -0.116. The van der Waals surface area contributed by atoms with Gasteiger partial charge in [-0.2, -0.15) is 0 Å². The molecule has 4 rings (SSSR count). The number of sulfonamides is 1. The molecule has 2 aliphatic heterocycles. The molecule has 0 unspecified atom stereocenters. The van der Waals surface area contributed by atoms with Gasteiger partial charge in [-0.05, 0) is 49.9 Å². The van der Waals surface area contributed by atoms with Crippen molar-refractivity contribution in [3.05, 3.63) is 41.5 Å². The van der Waals surface area contributed by atoms with Crippen LogP contribution in [-0.4, -0.2) is 29.9 Å². The normalized spacial score (nSPS) is 19.0. The van der Waals surface area contributed by atoms with Crippen molar-refractivity contribution < 1.29 is 13.2 Å². The Kier molecular flexibility index (Phi) is 4.55. The third kappa shape index (κ3) is 3.39. The molecule has 7 nitrogen and oxygen atoms in total. The van der Waals surface area contributed by atoms with Crippen LogP contribution in [0.15, 0.2) is 29.3 Å². The van der Waals surface area contributed by atoms with Crippen molar-refractivity contribution in [1.29, 1.82) is 0 Å². The second kappa shape index (κ2) is 6.76. The van der Waals surface area contributed by atoms with Gasteiger partial charge in [0.2, 0.25) is 15.9 Å². The molecular formula is C19H24N4O3S. The summed E-state index contributed by atoms with van der Waals surface area (Å²) in [7, 11) is -3.64. The van der Waals surface area contributed by atoms with Crippen molar-refractivity contribution in [1.82, 2.24) is 14.3 Å². The van der Waals surface area contributed by atoms with Gasteiger partial charge in [-0.3, -0.25) is 4.79 Å². The Bertz CT molecular complexity index is 973. The van der Waals surface area contributed by atoms with Crippen LogP contribution in [0, 0.1) is 0 Å². The van der Waals surface area contributed by atoms with Crippen molar-refractivity contribution >= 4 is 21.6 Å². The molecule has 0 saturated heterocycles. The number of anilines is 1. The highest BCUT2D eigenvalue weighted by Gasteiger charge is 2.30. The Balaban J connectivity index is 1.52. The van der Waals surface area contributed by atoms with Crippen molar-refractivity contribution in [2.75, 3.05) is 4.90 Å². The molecule has 1 aromatic heterocycles. The number of aryl methyl sites for hydroxylation is 2. The lowest BCUT2D eigenvalue weighted by atomic mass is 10.1. The number of hydrogen-bond acceptors (Lipinski definition) is 4. The third-order valence-electron chi connectivity index (χ3n) is 5.32. The molecule has 1 amide bonds. The lowest BCUT2D eigenvalue weighted by Crippen LogP contribution is -2.33. The zero-order valence-electron chi connectivity index (χ0n) is 15.6. The fraction of sp³-hybridized carbons (Fsp3) is 0.474. The lowest BCUT2D eigenvalue weighted by Gasteiger charge is -2.20. The zero-order chi connectivity index (χ0) is 19.2. The standard InChI is InChI=1S/C19H24N4O3S/c1-13-9-15-10-17(6-7-18(15)23(13)14(2)24)27(25,26)20-11-16-12-22-8-4-3-5-19(22)21-16/h6-7,10,12-13,20H,3-5,8-9,11H2,1-2H3/t13-/m0/s1. The molecule has 0 radical (unpaired) electrons. The van der Waals surface area contributed by atoms with Crippen molar-refractivity contribution in [2.45, 2.75) is 63.6 Å². The number of fused-ring (bicyclic) bond motifs is 2. The first-order valence-electron chi connectivity index (χ1n) is 9.32. The second-order valence-corrected chi connectivity index (χ2v) is 9.12. The van der Waals surface area contributed by atoms with Crippen LogP contribution in [0.5, 0.6) is 0 Å². The van der Waals surface area contributed by atoms with Gasteiger partial charge in [-0.1, -0.05) is 0 Å². The molecular weight excluding hydrogens is 364 g/mol. The van der Waals surface area contributed by atoms with Crippen LogP contribution in [0.3, 0.4) is 0 Å². The molecule has 0 fully saturated rings. The van der Waals surface area contributed by atoms with Gasteiger partial charge in [0.1, 0.15) is 5.82 Å². The van der Waals surface area contributed by atoms with Gasteiger partial charge >= 0.3 is 0 Å². The molecule has 1 aromatic carbocycles. The van der Waals surface area contributed by atoms with Gasteiger partial charge < -0.3 is 9.47 Å². The number of carbonyl (C=O) groups excluding carboxylic acids is 1. The summed E-state index contributed by atoms with van der Waals surface area (Å²) in [5.74, 6) is 1.00. The summed E-state index contributed by atoms with van der Waals surface area (Å²) in [6.45, 7) is 4.62. The maximum atomic E-state index is 12.7. The summed E-state index contributed by atoms with van der Waals surface area (Å²) in [4.78, 5) is 18.3. The largest absolute Gasteiger partial charge is 0.335 e.